The second kappa shape index (κ2) is 5.90. The molecule has 0 radical (unpaired) electrons. The van der Waals surface area contributed by atoms with Crippen molar-refractivity contribution in [2.24, 2.45) is 5.84 Å². The molecular formula is C5H13N3O3. The third kappa shape index (κ3) is 4.54. The molecule has 0 aromatic heterocycles. The zero-order chi connectivity index (χ0) is 8.69. The fourth-order valence-corrected chi connectivity index (χ4v) is 0.490. The summed E-state index contributed by atoms with van der Waals surface area (Å²) in [5.74, 6) is 4.80. The van der Waals surface area contributed by atoms with Gasteiger partial charge in [-0.1, -0.05) is 0 Å². The van der Waals surface area contributed by atoms with Crippen molar-refractivity contribution in [3.8, 4) is 0 Å². The summed E-state index contributed by atoms with van der Waals surface area (Å²) in [7, 11) is 2.96. The van der Waals surface area contributed by atoms with Crippen LogP contribution in [-0.2, 0) is 9.47 Å². The highest BCUT2D eigenvalue weighted by atomic mass is 16.7. The van der Waals surface area contributed by atoms with Gasteiger partial charge < -0.3 is 14.8 Å². The number of carbonyl (C=O) groups is 1. The Bertz CT molecular complexity index is 116. The van der Waals surface area contributed by atoms with E-state index in [0.29, 0.717) is 0 Å². The predicted octanol–water partition coefficient (Wildman–Crippen LogP) is -1.22. The number of nitrogens with two attached hydrogens (primary N) is 1. The van der Waals surface area contributed by atoms with Gasteiger partial charge in [0.1, 0.15) is 0 Å². The Labute approximate surface area is 65.0 Å². The lowest BCUT2D eigenvalue weighted by atomic mass is 10.6. The molecule has 0 bridgehead atoms. The number of methoxy groups -OCH3 is 2. The molecular weight excluding hydrogens is 150 g/mol. The van der Waals surface area contributed by atoms with Gasteiger partial charge in [-0.25, -0.2) is 10.6 Å². The van der Waals surface area contributed by atoms with Crippen molar-refractivity contribution in [2.75, 3.05) is 20.8 Å². The van der Waals surface area contributed by atoms with E-state index < -0.39 is 12.3 Å². The van der Waals surface area contributed by atoms with Gasteiger partial charge in [-0.3, -0.25) is 5.43 Å². The third-order valence-electron chi connectivity index (χ3n) is 1.09. The number of nitrogens with one attached hydrogen (secondary N) is 2. The van der Waals surface area contributed by atoms with Gasteiger partial charge in [0.25, 0.3) is 0 Å². The van der Waals surface area contributed by atoms with Crippen LogP contribution < -0.4 is 16.6 Å². The Morgan fingerprint density at radius 2 is 2.09 bits per heavy atom. The van der Waals surface area contributed by atoms with Crippen LogP contribution in [0.4, 0.5) is 4.79 Å². The van der Waals surface area contributed by atoms with E-state index in [0.717, 1.165) is 0 Å². The predicted molar refractivity (Wildman–Crippen MR) is 38.5 cm³/mol. The van der Waals surface area contributed by atoms with E-state index in [-0.39, 0.29) is 6.54 Å². The van der Waals surface area contributed by atoms with Crippen molar-refractivity contribution in [3.05, 3.63) is 0 Å². The van der Waals surface area contributed by atoms with Gasteiger partial charge in [0.15, 0.2) is 6.29 Å². The maximum atomic E-state index is 10.5. The average Bonchev–Trinajstić information content (AvgIpc) is 2.06. The minimum atomic E-state index is -0.468. The molecule has 0 spiro atoms. The molecule has 0 aromatic rings. The first-order valence-corrected chi connectivity index (χ1v) is 3.04. The highest BCUT2D eigenvalue weighted by molar-refractivity contribution is 5.72. The summed E-state index contributed by atoms with van der Waals surface area (Å²) in [6.07, 6.45) is -0.438. The zero-order valence-electron chi connectivity index (χ0n) is 6.59. The largest absolute Gasteiger partial charge is 0.354 e. The summed E-state index contributed by atoms with van der Waals surface area (Å²) in [6.45, 7) is 0.260. The minimum Gasteiger partial charge on any atom is -0.354 e. The number of hydrazine groups is 1. The summed E-state index contributed by atoms with van der Waals surface area (Å²) in [6, 6.07) is -0.468. The summed E-state index contributed by atoms with van der Waals surface area (Å²) in [5.41, 5.74) is 1.91. The van der Waals surface area contributed by atoms with Crippen molar-refractivity contribution >= 4 is 6.03 Å². The van der Waals surface area contributed by atoms with Gasteiger partial charge >= 0.3 is 6.03 Å². The van der Waals surface area contributed by atoms with Gasteiger partial charge in [-0.15, -0.1) is 0 Å². The molecule has 66 valence electrons. The average molecular weight is 163 g/mol. The van der Waals surface area contributed by atoms with Gasteiger partial charge in [-0.2, -0.15) is 0 Å². The number of urea groups is 1. The Balaban J connectivity index is 3.42. The maximum absolute atomic E-state index is 10.5. The molecule has 0 aliphatic rings. The molecule has 0 rings (SSSR count). The smallest absolute Gasteiger partial charge is 0.329 e. The van der Waals surface area contributed by atoms with Crippen LogP contribution in [0.2, 0.25) is 0 Å². The van der Waals surface area contributed by atoms with Crippen LogP contribution in [0.1, 0.15) is 0 Å². The van der Waals surface area contributed by atoms with Crippen molar-refractivity contribution < 1.29 is 14.3 Å². The second-order valence-corrected chi connectivity index (χ2v) is 1.76. The molecule has 2 amide bonds. The lowest BCUT2D eigenvalue weighted by Crippen LogP contribution is -2.43. The minimum absolute atomic E-state index is 0.260. The molecule has 0 aromatic carbocycles. The van der Waals surface area contributed by atoms with E-state index >= 15 is 0 Å². The third-order valence-corrected chi connectivity index (χ3v) is 1.09. The molecule has 6 nitrogen and oxygen atoms in total. The molecule has 0 aliphatic heterocycles. The van der Waals surface area contributed by atoms with Crippen LogP contribution in [0.25, 0.3) is 0 Å². The summed E-state index contributed by atoms with van der Waals surface area (Å²) in [4.78, 5) is 10.5. The van der Waals surface area contributed by atoms with Crippen LogP contribution in [0.15, 0.2) is 0 Å². The quantitative estimate of drug-likeness (QED) is 0.210. The Morgan fingerprint density at radius 1 is 1.55 bits per heavy atom. The SMILES string of the molecule is COC(CNC(=O)NN)OC. The number of hydrogen-bond acceptors (Lipinski definition) is 4. The van der Waals surface area contributed by atoms with Crippen molar-refractivity contribution in [1.29, 1.82) is 0 Å². The van der Waals surface area contributed by atoms with Gasteiger partial charge in [0.05, 0.1) is 6.54 Å². The molecule has 0 unspecified atom stereocenters. The molecule has 6 heteroatoms. The molecule has 0 aliphatic carbocycles. The fourth-order valence-electron chi connectivity index (χ4n) is 0.490. The molecule has 0 saturated carbocycles. The number of ether oxygens (including phenoxy) is 2. The summed E-state index contributed by atoms with van der Waals surface area (Å²) >= 11 is 0. The van der Waals surface area contributed by atoms with Gasteiger partial charge in [-0.05, 0) is 0 Å². The number of amides is 2. The number of hydrogen-bond donors (Lipinski definition) is 3. The van der Waals surface area contributed by atoms with Gasteiger partial charge in [0, 0.05) is 14.2 Å². The van der Waals surface area contributed by atoms with Gasteiger partial charge in [0.2, 0.25) is 0 Å². The number of rotatable bonds is 4. The van der Waals surface area contributed by atoms with Crippen LogP contribution in [0, 0.1) is 0 Å². The van der Waals surface area contributed by atoms with Crippen LogP contribution >= 0.6 is 0 Å². The molecule has 4 N–H and O–H groups in total. The van der Waals surface area contributed by atoms with E-state index in [1.165, 1.54) is 14.2 Å². The fraction of sp³-hybridized carbons (Fsp3) is 0.800. The summed E-state index contributed by atoms with van der Waals surface area (Å²) in [5, 5.41) is 2.41. The standard InChI is InChI=1S/C5H13N3O3/c1-10-4(11-2)3-7-5(9)8-6/h4H,3,6H2,1-2H3,(H2,7,8,9). The zero-order valence-corrected chi connectivity index (χ0v) is 6.59. The molecule has 0 saturated heterocycles. The molecule has 0 atom stereocenters. The summed E-state index contributed by atoms with van der Waals surface area (Å²) < 4.78 is 9.58. The second-order valence-electron chi connectivity index (χ2n) is 1.76. The topological polar surface area (TPSA) is 85.6 Å². The first-order valence-electron chi connectivity index (χ1n) is 3.04. The van der Waals surface area contributed by atoms with Crippen molar-refractivity contribution in [2.45, 2.75) is 6.29 Å². The van der Waals surface area contributed by atoms with Crippen LogP contribution in [0.3, 0.4) is 0 Å². The first-order chi connectivity index (χ1) is 5.24. The van der Waals surface area contributed by atoms with E-state index in [9.17, 15) is 4.79 Å². The van der Waals surface area contributed by atoms with E-state index in [1.54, 1.807) is 0 Å². The van der Waals surface area contributed by atoms with E-state index in [1.807, 2.05) is 5.43 Å². The van der Waals surface area contributed by atoms with Crippen molar-refractivity contribution in [1.82, 2.24) is 10.7 Å². The maximum Gasteiger partial charge on any atom is 0.329 e. The molecule has 0 fully saturated rings. The number of carbonyl (C=O) groups excluding carboxylic acids is 1. The molecule has 0 heterocycles. The molecule has 11 heavy (non-hydrogen) atoms. The Morgan fingerprint density at radius 3 is 2.45 bits per heavy atom. The monoisotopic (exact) mass is 163 g/mol. The first kappa shape index (κ1) is 10.2. The van der Waals surface area contributed by atoms with Crippen LogP contribution in [-0.4, -0.2) is 33.1 Å². The van der Waals surface area contributed by atoms with Crippen LogP contribution in [0.5, 0.6) is 0 Å². The Hall–Kier alpha value is -0.850. The van der Waals surface area contributed by atoms with Crippen molar-refractivity contribution in [3.63, 3.8) is 0 Å². The highest BCUT2D eigenvalue weighted by Crippen LogP contribution is 1.86. The Kier molecular flexibility index (Phi) is 5.44. The van der Waals surface area contributed by atoms with E-state index in [2.05, 4.69) is 5.32 Å². The highest BCUT2D eigenvalue weighted by Gasteiger charge is 2.05. The normalized spacial score (nSPS) is 9.82. The lowest BCUT2D eigenvalue weighted by Gasteiger charge is -2.13. The lowest BCUT2D eigenvalue weighted by molar-refractivity contribution is -0.0971. The van der Waals surface area contributed by atoms with E-state index in [4.69, 9.17) is 15.3 Å².